The molecular formula is C9H10BrNO3. The van der Waals surface area contributed by atoms with Crippen LogP contribution in [0, 0.1) is 0 Å². The van der Waals surface area contributed by atoms with Crippen LogP contribution in [0.2, 0.25) is 0 Å². The van der Waals surface area contributed by atoms with E-state index < -0.39 is 12.2 Å². The van der Waals surface area contributed by atoms with E-state index in [-0.39, 0.29) is 5.33 Å². The molecule has 0 aliphatic carbocycles. The van der Waals surface area contributed by atoms with Gasteiger partial charge in [0.05, 0.1) is 6.10 Å². The molecule has 0 aliphatic heterocycles. The number of aldehydes is 1. The molecule has 2 atom stereocenters. The van der Waals surface area contributed by atoms with Gasteiger partial charge in [-0.05, 0) is 6.07 Å². The second-order valence-electron chi connectivity index (χ2n) is 2.79. The van der Waals surface area contributed by atoms with Crippen LogP contribution in [0.15, 0.2) is 18.5 Å². The molecule has 0 saturated carbocycles. The van der Waals surface area contributed by atoms with Crippen molar-refractivity contribution in [1.82, 2.24) is 4.98 Å². The first-order valence-corrected chi connectivity index (χ1v) is 5.14. The number of rotatable bonds is 4. The molecule has 76 valence electrons. The first-order valence-electron chi connectivity index (χ1n) is 4.02. The topological polar surface area (TPSA) is 70.4 Å². The van der Waals surface area contributed by atoms with E-state index in [0.717, 1.165) is 0 Å². The Labute approximate surface area is 89.7 Å². The maximum Gasteiger partial charge on any atom is 0.150 e. The highest BCUT2D eigenvalue weighted by Gasteiger charge is 2.19. The number of carbonyl (C=O) groups is 1. The summed E-state index contributed by atoms with van der Waals surface area (Å²) in [4.78, 5) is 14.4. The van der Waals surface area contributed by atoms with E-state index in [4.69, 9.17) is 0 Å². The minimum atomic E-state index is -1.09. The molecule has 0 aromatic carbocycles. The van der Waals surface area contributed by atoms with Gasteiger partial charge in [-0.15, -0.1) is 0 Å². The van der Waals surface area contributed by atoms with Gasteiger partial charge in [0.1, 0.15) is 6.10 Å². The van der Waals surface area contributed by atoms with E-state index >= 15 is 0 Å². The molecule has 1 heterocycles. The lowest BCUT2D eigenvalue weighted by atomic mass is 10.0. The Balaban J connectivity index is 2.99. The first-order chi connectivity index (χ1) is 6.70. The summed E-state index contributed by atoms with van der Waals surface area (Å²) in [5.41, 5.74) is 0.682. The Morgan fingerprint density at radius 3 is 2.86 bits per heavy atom. The average molecular weight is 260 g/mol. The molecule has 0 aliphatic rings. The molecule has 0 saturated heterocycles. The van der Waals surface area contributed by atoms with Gasteiger partial charge in [-0.1, -0.05) is 15.9 Å². The number of hydrogen-bond acceptors (Lipinski definition) is 4. The van der Waals surface area contributed by atoms with Crippen LogP contribution in [0.1, 0.15) is 22.0 Å². The van der Waals surface area contributed by atoms with Crippen LogP contribution in [0.4, 0.5) is 0 Å². The minimum absolute atomic E-state index is 0.237. The molecule has 0 spiro atoms. The van der Waals surface area contributed by atoms with Crippen LogP contribution in [0.25, 0.3) is 0 Å². The molecular weight excluding hydrogens is 250 g/mol. The number of alkyl halides is 1. The Hall–Kier alpha value is -0.780. The van der Waals surface area contributed by atoms with Gasteiger partial charge in [-0.25, -0.2) is 0 Å². The van der Waals surface area contributed by atoms with Gasteiger partial charge in [0, 0.05) is 28.9 Å². The summed E-state index contributed by atoms with van der Waals surface area (Å²) in [5.74, 6) is 0. The number of aliphatic hydroxyl groups is 2. The molecule has 2 unspecified atom stereocenters. The molecule has 1 aromatic heterocycles. The first kappa shape index (κ1) is 11.3. The number of nitrogens with zero attached hydrogens (tertiary/aromatic N) is 1. The van der Waals surface area contributed by atoms with Crippen molar-refractivity contribution in [2.75, 3.05) is 5.33 Å². The third-order valence-electron chi connectivity index (χ3n) is 1.86. The van der Waals surface area contributed by atoms with E-state index in [1.807, 2.05) is 0 Å². The summed E-state index contributed by atoms with van der Waals surface area (Å²) < 4.78 is 0. The van der Waals surface area contributed by atoms with E-state index in [0.29, 0.717) is 17.4 Å². The Morgan fingerprint density at radius 1 is 1.57 bits per heavy atom. The maximum absolute atomic E-state index is 10.6. The van der Waals surface area contributed by atoms with Crippen molar-refractivity contribution >= 4 is 22.2 Å². The molecule has 14 heavy (non-hydrogen) atoms. The van der Waals surface area contributed by atoms with Crippen molar-refractivity contribution in [1.29, 1.82) is 0 Å². The van der Waals surface area contributed by atoms with Gasteiger partial charge in [0.2, 0.25) is 0 Å². The monoisotopic (exact) mass is 259 g/mol. The second kappa shape index (κ2) is 5.19. The van der Waals surface area contributed by atoms with Crippen molar-refractivity contribution in [3.05, 3.63) is 29.6 Å². The lowest BCUT2D eigenvalue weighted by molar-refractivity contribution is 0.0336. The summed E-state index contributed by atoms with van der Waals surface area (Å²) in [6.07, 6.45) is 1.42. The van der Waals surface area contributed by atoms with E-state index in [1.54, 1.807) is 0 Å². The molecule has 1 aromatic rings. The van der Waals surface area contributed by atoms with Crippen molar-refractivity contribution < 1.29 is 15.0 Å². The van der Waals surface area contributed by atoms with Crippen LogP contribution in [0.3, 0.4) is 0 Å². The van der Waals surface area contributed by atoms with Crippen LogP contribution in [0.5, 0.6) is 0 Å². The molecule has 1 rings (SSSR count). The van der Waals surface area contributed by atoms with Gasteiger partial charge < -0.3 is 10.2 Å². The smallest absolute Gasteiger partial charge is 0.150 e. The fraction of sp³-hybridized carbons (Fsp3) is 0.333. The molecule has 5 heteroatoms. The SMILES string of the molecule is O=Cc1ccncc1C(O)C(O)CBr. The van der Waals surface area contributed by atoms with Crippen molar-refractivity contribution in [2.24, 2.45) is 0 Å². The molecule has 2 N–H and O–H groups in total. The number of aromatic nitrogens is 1. The highest BCUT2D eigenvalue weighted by molar-refractivity contribution is 9.09. The van der Waals surface area contributed by atoms with Crippen molar-refractivity contribution in [3.63, 3.8) is 0 Å². The predicted molar refractivity (Wildman–Crippen MR) is 54.4 cm³/mol. The van der Waals surface area contributed by atoms with Gasteiger partial charge in [-0.3, -0.25) is 9.78 Å². The Morgan fingerprint density at radius 2 is 2.29 bits per heavy atom. The third-order valence-corrected chi connectivity index (χ3v) is 2.52. The van der Waals surface area contributed by atoms with E-state index in [9.17, 15) is 15.0 Å². The van der Waals surface area contributed by atoms with Gasteiger partial charge in [0.15, 0.2) is 6.29 Å². The van der Waals surface area contributed by atoms with E-state index in [1.165, 1.54) is 18.5 Å². The van der Waals surface area contributed by atoms with E-state index in [2.05, 4.69) is 20.9 Å². The average Bonchev–Trinajstić information content (AvgIpc) is 2.26. The van der Waals surface area contributed by atoms with Crippen LogP contribution >= 0.6 is 15.9 Å². The summed E-state index contributed by atoms with van der Waals surface area (Å²) in [6.45, 7) is 0. The molecule has 0 fully saturated rings. The predicted octanol–water partition coefficient (Wildman–Crippen LogP) is 0.683. The van der Waals surface area contributed by atoms with Gasteiger partial charge in [0.25, 0.3) is 0 Å². The highest BCUT2D eigenvalue weighted by Crippen LogP contribution is 2.19. The second-order valence-corrected chi connectivity index (χ2v) is 3.44. The summed E-state index contributed by atoms with van der Waals surface area (Å²) in [7, 11) is 0. The zero-order valence-corrected chi connectivity index (χ0v) is 8.89. The lowest BCUT2D eigenvalue weighted by Gasteiger charge is -2.16. The largest absolute Gasteiger partial charge is 0.389 e. The molecule has 4 nitrogen and oxygen atoms in total. The molecule has 0 radical (unpaired) electrons. The fourth-order valence-corrected chi connectivity index (χ4v) is 1.42. The number of halogens is 1. The zero-order chi connectivity index (χ0) is 10.6. The number of hydrogen-bond donors (Lipinski definition) is 2. The third kappa shape index (κ3) is 2.37. The van der Waals surface area contributed by atoms with Crippen LogP contribution in [-0.4, -0.2) is 32.9 Å². The summed E-state index contributed by atoms with van der Waals surface area (Å²) >= 11 is 3.04. The summed E-state index contributed by atoms with van der Waals surface area (Å²) in [6, 6.07) is 1.49. The normalized spacial score (nSPS) is 14.8. The van der Waals surface area contributed by atoms with Gasteiger partial charge >= 0.3 is 0 Å². The minimum Gasteiger partial charge on any atom is -0.389 e. The molecule has 0 amide bonds. The fourth-order valence-electron chi connectivity index (χ4n) is 1.06. The molecule has 0 bridgehead atoms. The van der Waals surface area contributed by atoms with Crippen LogP contribution in [-0.2, 0) is 0 Å². The summed E-state index contributed by atoms with van der Waals surface area (Å²) in [5, 5.41) is 19.2. The Bertz CT molecular complexity index is 319. The maximum atomic E-state index is 10.6. The lowest BCUT2D eigenvalue weighted by Crippen LogP contribution is -2.20. The highest BCUT2D eigenvalue weighted by atomic mass is 79.9. The van der Waals surface area contributed by atoms with Crippen LogP contribution < -0.4 is 0 Å². The number of pyridine rings is 1. The zero-order valence-electron chi connectivity index (χ0n) is 7.30. The van der Waals surface area contributed by atoms with Crippen molar-refractivity contribution in [2.45, 2.75) is 12.2 Å². The number of carbonyl (C=O) groups excluding carboxylic acids is 1. The number of aliphatic hydroxyl groups excluding tert-OH is 2. The standard InChI is InChI=1S/C9H10BrNO3/c10-3-8(13)9(14)7-4-11-2-1-6(7)5-12/h1-2,4-5,8-9,13-14H,3H2. The van der Waals surface area contributed by atoms with Gasteiger partial charge in [-0.2, -0.15) is 0 Å². The quantitative estimate of drug-likeness (QED) is 0.617. The van der Waals surface area contributed by atoms with Crippen molar-refractivity contribution in [3.8, 4) is 0 Å². The Kier molecular flexibility index (Phi) is 4.19.